The summed E-state index contributed by atoms with van der Waals surface area (Å²) < 4.78 is 0. The zero-order valence-corrected chi connectivity index (χ0v) is 33.1. The van der Waals surface area contributed by atoms with Crippen LogP contribution in [0.4, 0.5) is 17.3 Å². The number of carbonyl (C=O) groups is 1. The van der Waals surface area contributed by atoms with Gasteiger partial charge in [-0.25, -0.2) is 9.97 Å². The van der Waals surface area contributed by atoms with Crippen molar-refractivity contribution in [2.24, 2.45) is 5.73 Å². The maximum atomic E-state index is 12.9. The van der Waals surface area contributed by atoms with Crippen molar-refractivity contribution in [2.75, 3.05) is 43.9 Å². The Labute approximate surface area is 338 Å². The number of fused-ring (bicyclic) bond motifs is 1. The van der Waals surface area contributed by atoms with E-state index in [4.69, 9.17) is 28.9 Å². The van der Waals surface area contributed by atoms with E-state index in [0.717, 1.165) is 68.1 Å². The van der Waals surface area contributed by atoms with Crippen LogP contribution in [0.5, 0.6) is 0 Å². The number of piperazine rings is 1. The molecule has 3 heterocycles. The summed E-state index contributed by atoms with van der Waals surface area (Å²) in [6, 6.07) is 33.8. The highest BCUT2D eigenvalue weighted by Gasteiger charge is 2.26. The number of rotatable bonds is 8. The van der Waals surface area contributed by atoms with E-state index in [0.29, 0.717) is 33.2 Å². The Balaban J connectivity index is 0.000000211. The number of hydrogen-bond donors (Lipinski definition) is 3. The summed E-state index contributed by atoms with van der Waals surface area (Å²) in [5.41, 5.74) is 16.1. The van der Waals surface area contributed by atoms with Crippen molar-refractivity contribution in [2.45, 2.75) is 38.3 Å². The molecule has 1 aliphatic carbocycles. The lowest BCUT2D eigenvalue weighted by atomic mass is 9.77. The highest BCUT2D eigenvalue weighted by molar-refractivity contribution is 6.42. The van der Waals surface area contributed by atoms with Crippen LogP contribution in [-0.4, -0.2) is 63.9 Å². The predicted molar refractivity (Wildman–Crippen MR) is 228 cm³/mol. The van der Waals surface area contributed by atoms with Gasteiger partial charge in [-0.05, 0) is 109 Å². The van der Waals surface area contributed by atoms with E-state index in [9.17, 15) is 4.79 Å². The molecule has 1 aliphatic heterocycles. The molecule has 9 nitrogen and oxygen atoms in total. The van der Waals surface area contributed by atoms with E-state index in [1.165, 1.54) is 22.3 Å². The fourth-order valence-corrected chi connectivity index (χ4v) is 7.48. The maximum absolute atomic E-state index is 12.9. The second-order valence-electron chi connectivity index (χ2n) is 14.4. The molecule has 4 N–H and O–H groups in total. The summed E-state index contributed by atoms with van der Waals surface area (Å²) in [5.74, 6) is 0.699. The van der Waals surface area contributed by atoms with Gasteiger partial charge in [0.25, 0.3) is 5.91 Å². The Morgan fingerprint density at radius 3 is 2.38 bits per heavy atom. The molecule has 11 heteroatoms. The van der Waals surface area contributed by atoms with Gasteiger partial charge in [0.2, 0.25) is 5.95 Å². The van der Waals surface area contributed by atoms with E-state index in [-0.39, 0.29) is 11.9 Å². The number of nitrogens with two attached hydrogens (primary N) is 1. The van der Waals surface area contributed by atoms with Gasteiger partial charge in [-0.3, -0.25) is 14.7 Å². The minimum absolute atomic E-state index is 0.143. The van der Waals surface area contributed by atoms with Gasteiger partial charge in [0.15, 0.2) is 0 Å². The standard InChI is InChI=1S/C29H31N7O.C16H15Cl2N/c1-21-5-10-25(18-27(21)34-29-31-13-11-26(33-29)24-4-3-12-30-19-24)32-28(37)23-8-6-22(7-9-23)20-36-16-14-35(2)15-17-36;17-14-7-5-10(9-15(14)18)11-6-8-16(19)13-4-2-1-3-12(11)13/h3-13,18-19H,14-17,20H2,1-2H3,(H,32,37)(H,31,33,34);1-5,7,9,11,16H,6,8,19H2/t;11-,16-/m.0/s1. The van der Waals surface area contributed by atoms with Crippen molar-refractivity contribution in [3.05, 3.63) is 165 Å². The second-order valence-corrected chi connectivity index (χ2v) is 15.2. The molecule has 0 saturated carbocycles. The molecule has 8 rings (SSSR count). The number of pyridine rings is 1. The number of halogens is 2. The lowest BCUT2D eigenvalue weighted by Gasteiger charge is -2.32. The molecule has 0 bridgehead atoms. The SMILES string of the molecule is Cc1ccc(NC(=O)c2ccc(CN3CCN(C)CC3)cc2)cc1Nc1nccc(-c2cccnc2)n1.N[C@H]1CC[C@@H](c2ccc(Cl)c(Cl)c2)c2ccccc21. The van der Waals surface area contributed by atoms with Crippen molar-refractivity contribution in [1.29, 1.82) is 0 Å². The molecule has 1 fully saturated rings. The van der Waals surface area contributed by atoms with Crippen molar-refractivity contribution < 1.29 is 4.79 Å². The molecule has 1 amide bonds. The zero-order chi connectivity index (χ0) is 39.0. The Morgan fingerprint density at radius 1 is 0.839 bits per heavy atom. The van der Waals surface area contributed by atoms with Crippen molar-refractivity contribution in [1.82, 2.24) is 24.8 Å². The number of aryl methyl sites for hydroxylation is 1. The molecule has 286 valence electrons. The van der Waals surface area contributed by atoms with Crippen LogP contribution in [0.1, 0.15) is 63.0 Å². The van der Waals surface area contributed by atoms with Gasteiger partial charge in [-0.2, -0.15) is 0 Å². The molecular formula is C45H46Cl2N8O. The average Bonchev–Trinajstić information content (AvgIpc) is 3.22. The summed E-state index contributed by atoms with van der Waals surface area (Å²) in [6.07, 6.45) is 7.27. The quantitative estimate of drug-likeness (QED) is 0.140. The van der Waals surface area contributed by atoms with Gasteiger partial charge in [-0.15, -0.1) is 0 Å². The molecule has 0 spiro atoms. The zero-order valence-electron chi connectivity index (χ0n) is 31.6. The van der Waals surface area contributed by atoms with Crippen LogP contribution in [0.15, 0.2) is 122 Å². The number of amides is 1. The summed E-state index contributed by atoms with van der Waals surface area (Å²) >= 11 is 12.1. The number of anilines is 3. The number of carbonyl (C=O) groups excluding carboxylic acids is 1. The van der Waals surface area contributed by atoms with Gasteiger partial charge >= 0.3 is 0 Å². The van der Waals surface area contributed by atoms with Crippen molar-refractivity contribution in [3.8, 4) is 11.3 Å². The maximum Gasteiger partial charge on any atom is 0.255 e. The number of benzene rings is 4. The molecular weight excluding hydrogens is 739 g/mol. The number of aromatic nitrogens is 3. The third kappa shape index (κ3) is 9.79. The van der Waals surface area contributed by atoms with Crippen LogP contribution in [0.2, 0.25) is 10.0 Å². The number of likely N-dealkylation sites (N-methyl/N-ethyl adjacent to an activating group) is 1. The topological polar surface area (TPSA) is 112 Å². The minimum Gasteiger partial charge on any atom is -0.324 e. The monoisotopic (exact) mass is 784 g/mol. The molecule has 2 aromatic heterocycles. The van der Waals surface area contributed by atoms with E-state index in [1.807, 2.05) is 79.7 Å². The third-order valence-electron chi connectivity index (χ3n) is 10.5. The first kappa shape index (κ1) is 39.1. The highest BCUT2D eigenvalue weighted by atomic mass is 35.5. The minimum atomic E-state index is -0.143. The van der Waals surface area contributed by atoms with E-state index >= 15 is 0 Å². The molecule has 2 aliphatic rings. The van der Waals surface area contributed by atoms with Gasteiger partial charge in [-0.1, -0.05) is 71.7 Å². The fourth-order valence-electron chi connectivity index (χ4n) is 7.18. The molecule has 4 aromatic carbocycles. The van der Waals surface area contributed by atoms with Gasteiger partial charge in [0, 0.05) is 85.8 Å². The van der Waals surface area contributed by atoms with Crippen molar-refractivity contribution in [3.63, 3.8) is 0 Å². The third-order valence-corrected chi connectivity index (χ3v) is 11.2. The smallest absolute Gasteiger partial charge is 0.255 e. The Hall–Kier alpha value is -5.16. The van der Waals surface area contributed by atoms with Gasteiger partial charge in [0.1, 0.15) is 0 Å². The Morgan fingerprint density at radius 2 is 1.62 bits per heavy atom. The van der Waals surface area contributed by atoms with Gasteiger partial charge < -0.3 is 21.3 Å². The predicted octanol–water partition coefficient (Wildman–Crippen LogP) is 9.51. The number of nitrogens with zero attached hydrogens (tertiary/aromatic N) is 5. The van der Waals surface area contributed by atoms with E-state index < -0.39 is 0 Å². The van der Waals surface area contributed by atoms with Crippen LogP contribution >= 0.6 is 23.2 Å². The number of hydrogen-bond acceptors (Lipinski definition) is 8. The lowest BCUT2D eigenvalue weighted by Crippen LogP contribution is -2.43. The fraction of sp³-hybridized carbons (Fsp3) is 0.244. The first-order valence-corrected chi connectivity index (χ1v) is 19.7. The van der Waals surface area contributed by atoms with Crippen LogP contribution in [0.3, 0.4) is 0 Å². The molecule has 0 unspecified atom stereocenters. The van der Waals surface area contributed by atoms with E-state index in [1.54, 1.807) is 18.6 Å². The van der Waals surface area contributed by atoms with Crippen LogP contribution in [0.25, 0.3) is 11.3 Å². The largest absolute Gasteiger partial charge is 0.324 e. The normalized spacial score (nSPS) is 16.9. The van der Waals surface area contributed by atoms with Crippen LogP contribution < -0.4 is 16.4 Å². The summed E-state index contributed by atoms with van der Waals surface area (Å²) in [6.45, 7) is 7.24. The highest BCUT2D eigenvalue weighted by Crippen LogP contribution is 2.41. The van der Waals surface area contributed by atoms with Crippen LogP contribution in [-0.2, 0) is 6.54 Å². The number of nitrogens with one attached hydrogen (secondary N) is 2. The summed E-state index contributed by atoms with van der Waals surface area (Å²) in [5, 5.41) is 7.51. The average molecular weight is 786 g/mol. The molecule has 2 atom stereocenters. The first-order valence-electron chi connectivity index (χ1n) is 18.9. The Kier molecular flexibility index (Phi) is 12.7. The summed E-state index contributed by atoms with van der Waals surface area (Å²) in [7, 11) is 2.16. The molecule has 56 heavy (non-hydrogen) atoms. The Bertz CT molecular complexity index is 2260. The first-order chi connectivity index (χ1) is 27.2. The lowest BCUT2D eigenvalue weighted by molar-refractivity contribution is 0.102. The molecule has 1 saturated heterocycles. The van der Waals surface area contributed by atoms with Crippen molar-refractivity contribution >= 4 is 46.4 Å². The van der Waals surface area contributed by atoms with Gasteiger partial charge in [0.05, 0.1) is 15.7 Å². The second kappa shape index (κ2) is 18.2. The van der Waals surface area contributed by atoms with E-state index in [2.05, 4.69) is 72.8 Å². The summed E-state index contributed by atoms with van der Waals surface area (Å²) in [4.78, 5) is 30.9. The van der Waals surface area contributed by atoms with Crippen LogP contribution in [0, 0.1) is 6.92 Å². The molecule has 0 radical (unpaired) electrons. The molecule has 6 aromatic rings.